The second-order valence-electron chi connectivity index (χ2n) is 4.44. The summed E-state index contributed by atoms with van der Waals surface area (Å²) in [5.74, 6) is -0.275. The van der Waals surface area contributed by atoms with Gasteiger partial charge in [-0.2, -0.15) is 0 Å². The minimum Gasteiger partial charge on any atom is -0.507 e. The van der Waals surface area contributed by atoms with E-state index in [1.165, 1.54) is 0 Å². The zero-order valence-corrected chi connectivity index (χ0v) is 12.9. The topological polar surface area (TPSA) is 114 Å². The van der Waals surface area contributed by atoms with E-state index in [0.29, 0.717) is 36.1 Å². The first-order valence-electron chi connectivity index (χ1n) is 6.37. The number of benzene rings is 1. The highest BCUT2D eigenvalue weighted by molar-refractivity contribution is 9.10. The maximum Gasteiger partial charge on any atom is 0.243 e. The standard InChI is InChI=1S/C13H18BrN3O4/c14-11-7-9(3-4-12(11)18)6-10(16-20)8-15-5-1-2-13(19)17-21/h3-4,7,15,18,20-21H,1-2,5-6,8H2,(H,17,19)/b16-10+. The fraction of sp³-hybridized carbons (Fsp3) is 0.385. The SMILES string of the molecule is O=C(CCCNC/C(Cc1ccc(O)c(Br)c1)=N/O)NO. The zero-order valence-electron chi connectivity index (χ0n) is 11.3. The lowest BCUT2D eigenvalue weighted by Crippen LogP contribution is -2.27. The molecule has 0 aliphatic heterocycles. The molecule has 0 unspecified atom stereocenters. The molecule has 5 N–H and O–H groups in total. The summed E-state index contributed by atoms with van der Waals surface area (Å²) in [7, 11) is 0. The van der Waals surface area contributed by atoms with Gasteiger partial charge in [0.05, 0.1) is 10.2 Å². The Morgan fingerprint density at radius 2 is 2.14 bits per heavy atom. The Balaban J connectivity index is 2.35. The number of halogens is 1. The number of carbonyl (C=O) groups is 1. The summed E-state index contributed by atoms with van der Waals surface area (Å²) in [6, 6.07) is 5.07. The molecule has 0 heterocycles. The van der Waals surface area contributed by atoms with Crippen LogP contribution in [0.4, 0.5) is 0 Å². The predicted octanol–water partition coefficient (Wildman–Crippen LogP) is 1.40. The molecule has 7 nitrogen and oxygen atoms in total. The molecular formula is C13H18BrN3O4. The predicted molar refractivity (Wildman–Crippen MR) is 80.8 cm³/mol. The van der Waals surface area contributed by atoms with Crippen molar-refractivity contribution in [3.63, 3.8) is 0 Å². The van der Waals surface area contributed by atoms with Gasteiger partial charge in [0.25, 0.3) is 0 Å². The molecule has 1 aromatic carbocycles. The van der Waals surface area contributed by atoms with E-state index in [-0.39, 0.29) is 12.2 Å². The molecule has 1 rings (SSSR count). The van der Waals surface area contributed by atoms with E-state index in [2.05, 4.69) is 26.4 Å². The quantitative estimate of drug-likeness (QED) is 0.158. The van der Waals surface area contributed by atoms with E-state index in [1.54, 1.807) is 23.7 Å². The van der Waals surface area contributed by atoms with Crippen molar-refractivity contribution in [2.75, 3.05) is 13.1 Å². The Morgan fingerprint density at radius 3 is 2.76 bits per heavy atom. The molecule has 0 aromatic heterocycles. The average molecular weight is 360 g/mol. The summed E-state index contributed by atoms with van der Waals surface area (Å²) in [6.45, 7) is 0.946. The molecule has 8 heteroatoms. The number of hydrogen-bond acceptors (Lipinski definition) is 6. The lowest BCUT2D eigenvalue weighted by molar-refractivity contribution is -0.129. The number of oxime groups is 1. The van der Waals surface area contributed by atoms with Gasteiger partial charge in [-0.3, -0.25) is 10.0 Å². The number of carbonyl (C=O) groups excluding carboxylic acids is 1. The summed E-state index contributed by atoms with van der Waals surface area (Å²) >= 11 is 3.23. The molecule has 116 valence electrons. The van der Waals surface area contributed by atoms with Gasteiger partial charge in [-0.05, 0) is 46.6 Å². The molecule has 1 amide bonds. The smallest absolute Gasteiger partial charge is 0.243 e. The van der Waals surface area contributed by atoms with Crippen LogP contribution >= 0.6 is 15.9 Å². The van der Waals surface area contributed by atoms with Gasteiger partial charge in [-0.15, -0.1) is 0 Å². The second kappa shape index (κ2) is 9.32. The van der Waals surface area contributed by atoms with Crippen LogP contribution in [0.25, 0.3) is 0 Å². The van der Waals surface area contributed by atoms with Gasteiger partial charge >= 0.3 is 0 Å². The van der Waals surface area contributed by atoms with Gasteiger partial charge < -0.3 is 15.6 Å². The molecule has 0 radical (unpaired) electrons. The number of hydrogen-bond donors (Lipinski definition) is 5. The van der Waals surface area contributed by atoms with E-state index < -0.39 is 5.91 Å². The Kier molecular flexibility index (Phi) is 7.73. The van der Waals surface area contributed by atoms with Crippen molar-refractivity contribution >= 4 is 27.5 Å². The number of nitrogens with one attached hydrogen (secondary N) is 2. The van der Waals surface area contributed by atoms with Crippen LogP contribution in [0, 0.1) is 0 Å². The summed E-state index contributed by atoms with van der Waals surface area (Å²) < 4.78 is 0.584. The van der Waals surface area contributed by atoms with Crippen LogP contribution < -0.4 is 10.8 Å². The Bertz CT molecular complexity index is 508. The molecule has 0 atom stereocenters. The molecule has 0 saturated carbocycles. The van der Waals surface area contributed by atoms with Crippen molar-refractivity contribution in [2.24, 2.45) is 5.16 Å². The van der Waals surface area contributed by atoms with Crippen molar-refractivity contribution in [3.8, 4) is 5.75 Å². The minimum atomic E-state index is -0.429. The molecule has 21 heavy (non-hydrogen) atoms. The Labute approximate surface area is 130 Å². The zero-order chi connectivity index (χ0) is 15.7. The van der Waals surface area contributed by atoms with E-state index >= 15 is 0 Å². The fourth-order valence-electron chi connectivity index (χ4n) is 1.69. The van der Waals surface area contributed by atoms with Gasteiger partial charge in [0.15, 0.2) is 0 Å². The van der Waals surface area contributed by atoms with E-state index in [9.17, 15) is 9.90 Å². The number of phenols is 1. The van der Waals surface area contributed by atoms with E-state index in [1.807, 2.05) is 0 Å². The van der Waals surface area contributed by atoms with Crippen LogP contribution in [0.5, 0.6) is 5.75 Å². The van der Waals surface area contributed by atoms with Crippen molar-refractivity contribution in [1.29, 1.82) is 0 Å². The van der Waals surface area contributed by atoms with Gasteiger partial charge in [-0.25, -0.2) is 5.48 Å². The van der Waals surface area contributed by atoms with E-state index in [4.69, 9.17) is 10.4 Å². The largest absolute Gasteiger partial charge is 0.507 e. The van der Waals surface area contributed by atoms with Crippen molar-refractivity contribution in [3.05, 3.63) is 28.2 Å². The molecular weight excluding hydrogens is 342 g/mol. The Morgan fingerprint density at radius 1 is 1.38 bits per heavy atom. The van der Waals surface area contributed by atoms with Crippen molar-refractivity contribution < 1.29 is 20.3 Å². The van der Waals surface area contributed by atoms with Gasteiger partial charge in [0, 0.05) is 19.4 Å². The monoisotopic (exact) mass is 359 g/mol. The third-order valence-electron chi connectivity index (χ3n) is 2.77. The summed E-state index contributed by atoms with van der Waals surface area (Å²) in [5, 5.41) is 33.0. The van der Waals surface area contributed by atoms with Crippen LogP contribution in [0.3, 0.4) is 0 Å². The maximum absolute atomic E-state index is 10.8. The van der Waals surface area contributed by atoms with Crippen molar-refractivity contribution in [1.82, 2.24) is 10.8 Å². The highest BCUT2D eigenvalue weighted by atomic mass is 79.9. The maximum atomic E-state index is 10.8. The van der Waals surface area contributed by atoms with Gasteiger partial charge in [0.1, 0.15) is 5.75 Å². The number of hydroxylamine groups is 1. The number of phenolic OH excluding ortho intramolecular Hbond substituents is 1. The first-order chi connectivity index (χ1) is 10.1. The summed E-state index contributed by atoms with van der Waals surface area (Å²) in [6.07, 6.45) is 1.23. The van der Waals surface area contributed by atoms with Crippen LogP contribution in [-0.4, -0.2) is 40.2 Å². The second-order valence-corrected chi connectivity index (χ2v) is 5.30. The first kappa shape index (κ1) is 17.4. The van der Waals surface area contributed by atoms with Crippen LogP contribution in [0.15, 0.2) is 27.8 Å². The van der Waals surface area contributed by atoms with E-state index in [0.717, 1.165) is 5.56 Å². The van der Waals surface area contributed by atoms with Crippen molar-refractivity contribution in [2.45, 2.75) is 19.3 Å². The van der Waals surface area contributed by atoms with Crippen LogP contribution in [0.2, 0.25) is 0 Å². The number of nitrogens with zero attached hydrogens (tertiary/aromatic N) is 1. The van der Waals surface area contributed by atoms with Gasteiger partial charge in [-0.1, -0.05) is 11.2 Å². The third kappa shape index (κ3) is 6.56. The molecule has 0 spiro atoms. The minimum absolute atomic E-state index is 0.154. The number of amides is 1. The normalized spacial score (nSPS) is 11.4. The molecule has 0 aliphatic rings. The lowest BCUT2D eigenvalue weighted by atomic mass is 10.1. The van der Waals surface area contributed by atoms with Gasteiger partial charge in [0.2, 0.25) is 5.91 Å². The summed E-state index contributed by atoms with van der Waals surface area (Å²) in [5.41, 5.74) is 3.00. The molecule has 1 aromatic rings. The number of rotatable bonds is 8. The first-order valence-corrected chi connectivity index (χ1v) is 7.17. The third-order valence-corrected chi connectivity index (χ3v) is 3.41. The molecule has 0 aliphatic carbocycles. The fourth-order valence-corrected chi connectivity index (χ4v) is 2.12. The molecule has 0 fully saturated rings. The highest BCUT2D eigenvalue weighted by Gasteiger charge is 2.05. The number of aromatic hydroxyl groups is 1. The summed E-state index contributed by atoms with van der Waals surface area (Å²) in [4.78, 5) is 10.8. The van der Waals surface area contributed by atoms with Crippen LogP contribution in [-0.2, 0) is 11.2 Å². The highest BCUT2D eigenvalue weighted by Crippen LogP contribution is 2.24. The Hall–Kier alpha value is -1.64. The molecule has 0 bridgehead atoms. The average Bonchev–Trinajstić information content (AvgIpc) is 2.49. The lowest BCUT2D eigenvalue weighted by Gasteiger charge is -2.07. The van der Waals surface area contributed by atoms with Crippen LogP contribution in [0.1, 0.15) is 18.4 Å². The molecule has 0 saturated heterocycles.